The highest BCUT2D eigenvalue weighted by Gasteiger charge is 2.19. The topological polar surface area (TPSA) is 63.1 Å². The van der Waals surface area contributed by atoms with Gasteiger partial charge in [-0.15, -0.1) is 0 Å². The maximum atomic E-state index is 13.3. The second kappa shape index (κ2) is 9.69. The van der Waals surface area contributed by atoms with Gasteiger partial charge in [0.1, 0.15) is 5.69 Å². The first-order valence-corrected chi connectivity index (χ1v) is 11.5. The summed E-state index contributed by atoms with van der Waals surface area (Å²) in [6.45, 7) is 2.19. The Kier molecular flexibility index (Phi) is 6.15. The van der Waals surface area contributed by atoms with Crippen molar-refractivity contribution in [2.45, 2.75) is 25.7 Å². The molecular weight excluding hydrogens is 410 g/mol. The van der Waals surface area contributed by atoms with Crippen molar-refractivity contribution in [2.24, 2.45) is 0 Å². The lowest BCUT2D eigenvalue weighted by atomic mass is 10.1. The third-order valence-electron chi connectivity index (χ3n) is 6.01. The molecule has 0 unspecified atom stereocenters. The molecule has 1 N–H and O–H groups in total. The van der Waals surface area contributed by atoms with Gasteiger partial charge in [-0.3, -0.25) is 9.78 Å². The van der Waals surface area contributed by atoms with Crippen LogP contribution in [0, 0.1) is 0 Å². The minimum Gasteiger partial charge on any atom is -0.372 e. The van der Waals surface area contributed by atoms with Crippen LogP contribution in [-0.4, -0.2) is 33.8 Å². The number of benzene rings is 2. The predicted molar refractivity (Wildman–Crippen MR) is 132 cm³/mol. The number of nitrogens with one attached hydrogen (secondary N) is 1. The molecule has 2 aromatic carbocycles. The zero-order chi connectivity index (χ0) is 22.5. The van der Waals surface area contributed by atoms with Crippen LogP contribution in [0.4, 0.5) is 11.4 Å². The fourth-order valence-corrected chi connectivity index (χ4v) is 4.25. The van der Waals surface area contributed by atoms with Gasteiger partial charge < -0.3 is 10.2 Å². The van der Waals surface area contributed by atoms with Crippen molar-refractivity contribution in [1.82, 2.24) is 14.8 Å². The van der Waals surface area contributed by atoms with E-state index in [0.29, 0.717) is 11.3 Å². The molecule has 6 heteroatoms. The molecule has 33 heavy (non-hydrogen) atoms. The first kappa shape index (κ1) is 20.9. The number of amides is 1. The van der Waals surface area contributed by atoms with E-state index in [2.05, 4.69) is 27.3 Å². The molecule has 1 amide bonds. The maximum absolute atomic E-state index is 13.3. The Morgan fingerprint density at radius 1 is 0.818 bits per heavy atom. The molecule has 1 aliphatic rings. The molecule has 4 aromatic rings. The summed E-state index contributed by atoms with van der Waals surface area (Å²) in [7, 11) is 0. The molecule has 0 radical (unpaired) electrons. The summed E-state index contributed by atoms with van der Waals surface area (Å²) >= 11 is 0. The van der Waals surface area contributed by atoms with Crippen LogP contribution in [0.2, 0.25) is 0 Å². The van der Waals surface area contributed by atoms with Gasteiger partial charge in [0.25, 0.3) is 5.91 Å². The van der Waals surface area contributed by atoms with Crippen molar-refractivity contribution in [3.05, 3.63) is 90.9 Å². The third kappa shape index (κ3) is 4.80. The van der Waals surface area contributed by atoms with E-state index in [1.54, 1.807) is 23.3 Å². The molecule has 1 saturated heterocycles. The zero-order valence-corrected chi connectivity index (χ0v) is 18.5. The Labute approximate surface area is 193 Å². The van der Waals surface area contributed by atoms with E-state index in [1.807, 2.05) is 54.6 Å². The molecule has 1 aliphatic heterocycles. The second-order valence-corrected chi connectivity index (χ2v) is 8.32. The van der Waals surface area contributed by atoms with E-state index in [-0.39, 0.29) is 5.91 Å². The normalized spacial score (nSPS) is 14.0. The Hall–Kier alpha value is -3.93. The Morgan fingerprint density at radius 2 is 1.58 bits per heavy atom. The monoisotopic (exact) mass is 437 g/mol. The summed E-state index contributed by atoms with van der Waals surface area (Å²) in [4.78, 5) is 19.9. The number of rotatable bonds is 5. The lowest BCUT2D eigenvalue weighted by molar-refractivity contribution is 0.102. The van der Waals surface area contributed by atoms with Crippen LogP contribution < -0.4 is 10.2 Å². The summed E-state index contributed by atoms with van der Waals surface area (Å²) in [6, 6.07) is 21.7. The van der Waals surface area contributed by atoms with Crippen LogP contribution in [0.5, 0.6) is 0 Å². The molecule has 0 saturated carbocycles. The predicted octanol–water partition coefficient (Wildman–Crippen LogP) is 5.57. The van der Waals surface area contributed by atoms with Crippen LogP contribution in [0.15, 0.2) is 85.3 Å². The minimum atomic E-state index is -0.196. The van der Waals surface area contributed by atoms with Gasteiger partial charge in [-0.2, -0.15) is 5.10 Å². The molecule has 0 bridgehead atoms. The first-order valence-electron chi connectivity index (χ1n) is 11.5. The number of aromatic nitrogens is 3. The average molecular weight is 438 g/mol. The lowest BCUT2D eigenvalue weighted by Crippen LogP contribution is -2.23. The Bertz CT molecular complexity index is 1190. The largest absolute Gasteiger partial charge is 0.372 e. The van der Waals surface area contributed by atoms with Crippen LogP contribution >= 0.6 is 0 Å². The summed E-state index contributed by atoms with van der Waals surface area (Å²) in [5.74, 6) is -0.196. The van der Waals surface area contributed by atoms with E-state index >= 15 is 0 Å². The van der Waals surface area contributed by atoms with Gasteiger partial charge in [-0.05, 0) is 61.4 Å². The van der Waals surface area contributed by atoms with Gasteiger partial charge in [0.05, 0.1) is 11.3 Å². The quantitative estimate of drug-likeness (QED) is 0.444. The molecule has 0 atom stereocenters. The summed E-state index contributed by atoms with van der Waals surface area (Å²) in [6.07, 6.45) is 10.3. The van der Waals surface area contributed by atoms with Gasteiger partial charge in [-0.1, -0.05) is 31.0 Å². The van der Waals surface area contributed by atoms with Crippen LogP contribution in [0.1, 0.15) is 36.0 Å². The number of pyridine rings is 1. The van der Waals surface area contributed by atoms with Crippen LogP contribution in [0.25, 0.3) is 16.9 Å². The number of nitrogens with zero attached hydrogens (tertiary/aromatic N) is 4. The number of hydrogen-bond acceptors (Lipinski definition) is 4. The zero-order valence-electron chi connectivity index (χ0n) is 18.5. The van der Waals surface area contributed by atoms with Gasteiger partial charge in [-0.25, -0.2) is 4.68 Å². The number of carbonyl (C=O) groups excluding carboxylic acids is 1. The van der Waals surface area contributed by atoms with E-state index in [4.69, 9.17) is 5.10 Å². The number of carbonyl (C=O) groups is 1. The first-order chi connectivity index (χ1) is 16.3. The van der Waals surface area contributed by atoms with E-state index < -0.39 is 0 Å². The molecule has 2 aromatic heterocycles. The number of anilines is 2. The summed E-state index contributed by atoms with van der Waals surface area (Å²) < 4.78 is 1.74. The molecule has 166 valence electrons. The molecule has 3 heterocycles. The van der Waals surface area contributed by atoms with Crippen LogP contribution in [-0.2, 0) is 0 Å². The second-order valence-electron chi connectivity index (χ2n) is 8.32. The van der Waals surface area contributed by atoms with Crippen molar-refractivity contribution in [2.75, 3.05) is 23.3 Å². The molecule has 6 nitrogen and oxygen atoms in total. The smallest absolute Gasteiger partial charge is 0.259 e. The van der Waals surface area contributed by atoms with Crippen molar-refractivity contribution < 1.29 is 4.79 Å². The van der Waals surface area contributed by atoms with E-state index in [9.17, 15) is 4.79 Å². The van der Waals surface area contributed by atoms with E-state index in [0.717, 1.165) is 30.0 Å². The van der Waals surface area contributed by atoms with Gasteiger partial charge in [0.2, 0.25) is 0 Å². The fraction of sp³-hybridized carbons (Fsp3) is 0.222. The molecular formula is C27H27N5O. The van der Waals surface area contributed by atoms with Gasteiger partial charge >= 0.3 is 0 Å². The summed E-state index contributed by atoms with van der Waals surface area (Å²) in [5.41, 5.74) is 4.78. The molecule has 5 rings (SSSR count). The number of hydrogen-bond donors (Lipinski definition) is 1. The van der Waals surface area contributed by atoms with E-state index in [1.165, 1.54) is 31.4 Å². The highest BCUT2D eigenvalue weighted by molar-refractivity contribution is 6.08. The van der Waals surface area contributed by atoms with Crippen molar-refractivity contribution in [3.63, 3.8) is 0 Å². The highest BCUT2D eigenvalue weighted by atomic mass is 16.1. The van der Waals surface area contributed by atoms with Gasteiger partial charge in [0, 0.05) is 48.6 Å². The molecule has 0 aliphatic carbocycles. The third-order valence-corrected chi connectivity index (χ3v) is 6.01. The highest BCUT2D eigenvalue weighted by Crippen LogP contribution is 2.25. The number of para-hydroxylation sites is 1. The maximum Gasteiger partial charge on any atom is 0.259 e. The fourth-order valence-electron chi connectivity index (χ4n) is 4.25. The molecule has 1 fully saturated rings. The van der Waals surface area contributed by atoms with Crippen molar-refractivity contribution >= 4 is 17.3 Å². The Morgan fingerprint density at radius 3 is 2.27 bits per heavy atom. The standard InChI is InChI=1S/C27H27N5O/c33-27(29-22-12-14-23(15-13-22)31-17-6-1-2-7-18-31)25-20-32(24-10-4-3-5-11-24)30-26(25)21-9-8-16-28-19-21/h3-5,8-16,19-20H,1-2,6-7,17-18H2,(H,29,33). The SMILES string of the molecule is O=C(Nc1ccc(N2CCCCCC2)cc1)c1cn(-c2ccccc2)nc1-c1cccnc1. The van der Waals surface area contributed by atoms with Crippen LogP contribution in [0.3, 0.4) is 0 Å². The Balaban J connectivity index is 1.40. The average Bonchev–Trinajstić information content (AvgIpc) is 3.15. The molecule has 0 spiro atoms. The van der Waals surface area contributed by atoms with Gasteiger partial charge in [0.15, 0.2) is 0 Å². The van der Waals surface area contributed by atoms with Crippen molar-refractivity contribution in [1.29, 1.82) is 0 Å². The summed E-state index contributed by atoms with van der Waals surface area (Å²) in [5, 5.41) is 7.75. The minimum absolute atomic E-state index is 0.196. The van der Waals surface area contributed by atoms with Crippen molar-refractivity contribution in [3.8, 4) is 16.9 Å². The lowest BCUT2D eigenvalue weighted by Gasteiger charge is -2.22.